The lowest BCUT2D eigenvalue weighted by Gasteiger charge is -2.10. The van der Waals surface area contributed by atoms with Gasteiger partial charge in [0.1, 0.15) is 0 Å². The third-order valence-corrected chi connectivity index (χ3v) is 5.99. The van der Waals surface area contributed by atoms with Crippen LogP contribution in [0.3, 0.4) is 0 Å². The van der Waals surface area contributed by atoms with E-state index in [1.54, 1.807) is 38.5 Å². The summed E-state index contributed by atoms with van der Waals surface area (Å²) in [5.41, 5.74) is 9.34. The largest absolute Gasteiger partial charge is 0.446 e. The second-order valence-corrected chi connectivity index (χ2v) is 9.17. The Morgan fingerprint density at radius 3 is 2.00 bits per heavy atom. The van der Waals surface area contributed by atoms with E-state index >= 15 is 0 Å². The van der Waals surface area contributed by atoms with Crippen molar-refractivity contribution in [2.24, 2.45) is 0 Å². The first-order valence-electron chi connectivity index (χ1n) is 8.92. The molecule has 2 aromatic heterocycles. The summed E-state index contributed by atoms with van der Waals surface area (Å²) in [6.07, 6.45) is 12.4. The Bertz CT molecular complexity index is 1040. The lowest BCUT2D eigenvalue weighted by molar-refractivity contribution is -0.114. The number of hydrogen-bond acceptors (Lipinski definition) is 7. The molecular formula is C20H21Br2N4O5P. The molecule has 0 aliphatic rings. The molecule has 0 spiro atoms. The van der Waals surface area contributed by atoms with Crippen LogP contribution in [0.25, 0.3) is 5.53 Å². The summed E-state index contributed by atoms with van der Waals surface area (Å²) >= 11 is 6.43. The number of Topliss-reactive ketones (excluding diaryl/α,β-unsaturated/α-hetero) is 1. The van der Waals surface area contributed by atoms with E-state index in [-0.39, 0.29) is 13.2 Å². The third-order valence-electron chi connectivity index (χ3n) is 3.00. The minimum atomic E-state index is -3.74. The molecule has 0 amide bonds. The molecule has 2 heterocycles. The van der Waals surface area contributed by atoms with Crippen molar-refractivity contribution in [1.29, 1.82) is 0 Å². The van der Waals surface area contributed by atoms with Crippen LogP contribution in [0.5, 0.6) is 0 Å². The maximum absolute atomic E-state index is 11.8. The predicted octanol–water partition coefficient (Wildman–Crippen LogP) is 4.95. The number of nitrogens with zero attached hydrogens (tertiary/aromatic N) is 4. The van der Waals surface area contributed by atoms with E-state index in [0.717, 1.165) is 27.7 Å². The maximum atomic E-state index is 11.8. The van der Waals surface area contributed by atoms with Crippen LogP contribution in [0, 0.1) is 12.3 Å². The molecule has 0 bridgehead atoms. The molecule has 9 nitrogen and oxygen atoms in total. The number of aldehydes is 1. The zero-order valence-electron chi connectivity index (χ0n) is 17.6. The van der Waals surface area contributed by atoms with Crippen LogP contribution in [0.15, 0.2) is 45.9 Å². The van der Waals surface area contributed by atoms with Gasteiger partial charge < -0.3 is 14.6 Å². The van der Waals surface area contributed by atoms with Crippen LogP contribution in [0.2, 0.25) is 0 Å². The van der Waals surface area contributed by atoms with Gasteiger partial charge in [0, 0.05) is 51.8 Å². The number of rotatable bonds is 7. The van der Waals surface area contributed by atoms with Gasteiger partial charge in [0.2, 0.25) is 5.78 Å². The second kappa shape index (κ2) is 16.3. The Hall–Kier alpha value is -2.31. The zero-order valence-corrected chi connectivity index (χ0v) is 21.6. The molecule has 0 saturated carbocycles. The Morgan fingerprint density at radius 1 is 1.16 bits per heavy atom. The van der Waals surface area contributed by atoms with E-state index in [2.05, 4.69) is 52.5 Å². The molecule has 0 aromatic carbocycles. The van der Waals surface area contributed by atoms with Crippen LogP contribution < -0.4 is 0 Å². The van der Waals surface area contributed by atoms with Gasteiger partial charge in [-0.15, -0.1) is 6.42 Å². The Kier molecular flexibility index (Phi) is 15.2. The van der Waals surface area contributed by atoms with Gasteiger partial charge in [-0.1, -0.05) is 5.92 Å². The van der Waals surface area contributed by atoms with Crippen LogP contribution in [0.1, 0.15) is 36.7 Å². The van der Waals surface area contributed by atoms with Crippen LogP contribution in [-0.2, 0) is 18.4 Å². The number of carbonyl (C=O) groups is 2. The molecule has 170 valence electrons. The molecule has 0 radical (unpaired) electrons. The number of aromatic nitrogens is 2. The number of pyridine rings is 2. The first kappa shape index (κ1) is 29.7. The molecule has 12 heteroatoms. The SMILES string of the molecule is C#Cc1cncc(Br)c1.CCOP(=O)(OCC)C(=[N+]=[N-])C(C)=O.O=Cc1cncc(Br)c1. The van der Waals surface area contributed by atoms with E-state index < -0.39 is 18.8 Å². The van der Waals surface area contributed by atoms with Gasteiger partial charge >= 0.3 is 13.0 Å². The van der Waals surface area contributed by atoms with Gasteiger partial charge in [-0.2, -0.15) is 4.79 Å². The minimum absolute atomic E-state index is 0.101. The normalized spacial score (nSPS) is 9.62. The van der Waals surface area contributed by atoms with Crippen molar-refractivity contribution in [3.05, 3.63) is 62.5 Å². The number of ketones is 1. The van der Waals surface area contributed by atoms with Gasteiger partial charge in [0.05, 0.1) is 13.2 Å². The average molecular weight is 588 g/mol. The Labute approximate surface area is 203 Å². The molecule has 0 fully saturated rings. The van der Waals surface area contributed by atoms with Crippen molar-refractivity contribution in [1.82, 2.24) is 9.97 Å². The highest BCUT2D eigenvalue weighted by Gasteiger charge is 2.43. The summed E-state index contributed by atoms with van der Waals surface area (Å²) in [6, 6.07) is 3.55. The second-order valence-electron chi connectivity index (χ2n) is 5.40. The van der Waals surface area contributed by atoms with Gasteiger partial charge in [-0.3, -0.25) is 19.6 Å². The molecule has 2 rings (SSSR count). The fourth-order valence-corrected chi connectivity index (χ4v) is 4.04. The molecule has 0 saturated heterocycles. The summed E-state index contributed by atoms with van der Waals surface area (Å²) < 4.78 is 23.2. The van der Waals surface area contributed by atoms with Crippen LogP contribution >= 0.6 is 39.5 Å². The Morgan fingerprint density at radius 2 is 1.69 bits per heavy atom. The fraction of sp³-hybridized carbons (Fsp3) is 0.250. The molecule has 0 atom stereocenters. The van der Waals surface area contributed by atoms with Crippen LogP contribution in [0.4, 0.5) is 0 Å². The highest BCUT2D eigenvalue weighted by Crippen LogP contribution is 2.48. The standard InChI is InChI=1S/C7H4BrN.C7H13N2O4P.C6H4BrNO/c1-2-6-3-7(8)5-9-4-6;1-4-12-14(11,13-5-2)7(9-8)6(3)10;7-6-1-5(4-9)2-8-3-6/h1,3-5H;4-5H2,1-3H3;1-4H. The molecule has 0 aliphatic carbocycles. The number of hydrogen-bond donors (Lipinski definition) is 0. The topological polar surface area (TPSA) is 132 Å². The van der Waals surface area contributed by atoms with Crippen molar-refractivity contribution in [2.75, 3.05) is 13.2 Å². The molecular weight excluding hydrogens is 567 g/mol. The summed E-state index contributed by atoms with van der Waals surface area (Å²) in [6.45, 7) is 4.52. The fourth-order valence-electron chi connectivity index (χ4n) is 1.80. The highest BCUT2D eigenvalue weighted by molar-refractivity contribution is 9.10. The minimum Gasteiger partial charge on any atom is -0.360 e. The first-order chi connectivity index (χ1) is 15.2. The van der Waals surface area contributed by atoms with E-state index in [9.17, 15) is 14.2 Å². The summed E-state index contributed by atoms with van der Waals surface area (Å²) in [5, 5.41) is 0. The van der Waals surface area contributed by atoms with Crippen molar-refractivity contribution in [2.45, 2.75) is 20.8 Å². The van der Waals surface area contributed by atoms with E-state index in [1.807, 2.05) is 6.07 Å². The summed E-state index contributed by atoms with van der Waals surface area (Å²) in [7, 11) is -3.74. The van der Waals surface area contributed by atoms with Gasteiger partial charge in [0.25, 0.3) is 0 Å². The Balaban J connectivity index is 0.000000466. The van der Waals surface area contributed by atoms with Crippen molar-refractivity contribution < 1.29 is 28.0 Å². The maximum Gasteiger partial charge on any atom is 0.446 e. The monoisotopic (exact) mass is 586 g/mol. The summed E-state index contributed by atoms with van der Waals surface area (Å²) in [4.78, 5) is 31.3. The van der Waals surface area contributed by atoms with Crippen molar-refractivity contribution >= 4 is 57.0 Å². The molecule has 0 aliphatic heterocycles. The van der Waals surface area contributed by atoms with Crippen molar-refractivity contribution in [3.8, 4) is 12.3 Å². The first-order valence-corrected chi connectivity index (χ1v) is 12.1. The average Bonchev–Trinajstić information content (AvgIpc) is 2.75. The quantitative estimate of drug-likeness (QED) is 0.112. The van der Waals surface area contributed by atoms with Gasteiger partial charge in [-0.05, 0) is 57.8 Å². The molecule has 0 N–H and O–H groups in total. The van der Waals surface area contributed by atoms with E-state index in [1.165, 1.54) is 6.20 Å². The summed E-state index contributed by atoms with van der Waals surface area (Å²) in [5.74, 6) is 1.83. The molecule has 0 unspecified atom stereocenters. The lowest BCUT2D eigenvalue weighted by atomic mass is 10.3. The predicted molar refractivity (Wildman–Crippen MR) is 127 cm³/mol. The molecule has 2 aromatic rings. The lowest BCUT2D eigenvalue weighted by Crippen LogP contribution is -2.15. The van der Waals surface area contributed by atoms with Gasteiger partial charge in [0.15, 0.2) is 6.29 Å². The highest BCUT2D eigenvalue weighted by atomic mass is 79.9. The van der Waals surface area contributed by atoms with Gasteiger partial charge in [-0.25, -0.2) is 4.57 Å². The molecule has 32 heavy (non-hydrogen) atoms. The zero-order chi connectivity index (χ0) is 24.6. The smallest absolute Gasteiger partial charge is 0.360 e. The number of carbonyl (C=O) groups excluding carboxylic acids is 2. The van der Waals surface area contributed by atoms with E-state index in [4.69, 9.17) is 21.0 Å². The van der Waals surface area contributed by atoms with Crippen molar-refractivity contribution in [3.63, 3.8) is 0 Å². The third kappa shape index (κ3) is 11.3. The van der Waals surface area contributed by atoms with E-state index in [0.29, 0.717) is 5.56 Å². The number of terminal acetylenes is 1. The van der Waals surface area contributed by atoms with Crippen LogP contribution in [-0.4, -0.2) is 45.5 Å². The number of halogens is 2.